The van der Waals surface area contributed by atoms with E-state index in [4.69, 9.17) is 28.9 Å². The van der Waals surface area contributed by atoms with Crippen LogP contribution in [0.1, 0.15) is 22.8 Å². The van der Waals surface area contributed by atoms with Crippen LogP contribution in [0.25, 0.3) is 0 Å². The van der Waals surface area contributed by atoms with Crippen molar-refractivity contribution < 1.29 is 18.4 Å². The minimum Gasteiger partial charge on any atom is -0.323 e. The summed E-state index contributed by atoms with van der Waals surface area (Å²) in [5, 5.41) is 1.74. The number of pyridine rings is 1. The van der Waals surface area contributed by atoms with Crippen molar-refractivity contribution in [2.75, 3.05) is 5.32 Å². The molecule has 1 unspecified atom stereocenters. The molecule has 0 saturated carbocycles. The number of nitrogens with two attached hydrogens (primary N) is 1. The van der Waals surface area contributed by atoms with E-state index in [0.717, 1.165) is 24.4 Å². The van der Waals surface area contributed by atoms with E-state index in [1.807, 2.05) is 0 Å². The van der Waals surface area contributed by atoms with Crippen molar-refractivity contribution in [3.05, 3.63) is 57.3 Å². The van der Waals surface area contributed by atoms with Crippen molar-refractivity contribution in [3.8, 4) is 0 Å². The Hall–Kier alpha value is -2.09. The minimum absolute atomic E-state index is 0.153. The van der Waals surface area contributed by atoms with Gasteiger partial charge < -0.3 is 11.1 Å². The zero-order valence-corrected chi connectivity index (χ0v) is 13.8. The lowest BCUT2D eigenvalue weighted by atomic mass is 10.0. The van der Waals surface area contributed by atoms with Crippen LogP contribution < -0.4 is 11.1 Å². The van der Waals surface area contributed by atoms with Crippen LogP contribution in [-0.4, -0.2) is 22.7 Å². The Morgan fingerprint density at radius 1 is 1.21 bits per heavy atom. The summed E-state index contributed by atoms with van der Waals surface area (Å²) in [5.74, 6) is -3.87. The van der Waals surface area contributed by atoms with Gasteiger partial charge in [-0.25, -0.2) is 13.8 Å². The maximum atomic E-state index is 13.9. The van der Waals surface area contributed by atoms with Crippen LogP contribution in [0.15, 0.2) is 24.4 Å². The number of halogens is 4. The van der Waals surface area contributed by atoms with Crippen LogP contribution in [-0.2, 0) is 4.79 Å². The Bertz CT molecular complexity index is 808. The molecule has 126 valence electrons. The van der Waals surface area contributed by atoms with Crippen molar-refractivity contribution in [2.24, 2.45) is 5.73 Å². The molecule has 2 aromatic rings. The summed E-state index contributed by atoms with van der Waals surface area (Å²) in [4.78, 5) is 28.1. The van der Waals surface area contributed by atoms with Crippen molar-refractivity contribution in [2.45, 2.75) is 13.0 Å². The topological polar surface area (TPSA) is 85.1 Å². The van der Waals surface area contributed by atoms with Crippen LogP contribution >= 0.6 is 23.2 Å². The number of carbonyl (C=O) groups excluding carboxylic acids is 2. The predicted octanol–water partition coefficient (Wildman–Crippen LogP) is 3.18. The lowest BCUT2D eigenvalue weighted by Gasteiger charge is -2.14. The highest BCUT2D eigenvalue weighted by Crippen LogP contribution is 2.32. The molecule has 9 heteroatoms. The average Bonchev–Trinajstić information content (AvgIpc) is 2.50. The van der Waals surface area contributed by atoms with Gasteiger partial charge in [-0.3, -0.25) is 9.59 Å². The predicted molar refractivity (Wildman–Crippen MR) is 86.3 cm³/mol. The lowest BCUT2D eigenvalue weighted by molar-refractivity contribution is -0.117. The average molecular weight is 374 g/mol. The third-order valence-corrected chi connectivity index (χ3v) is 3.82. The second kappa shape index (κ2) is 7.21. The Morgan fingerprint density at radius 3 is 2.33 bits per heavy atom. The molecule has 1 atom stereocenters. The van der Waals surface area contributed by atoms with Crippen molar-refractivity contribution in [1.29, 1.82) is 0 Å². The van der Waals surface area contributed by atoms with E-state index in [2.05, 4.69) is 10.3 Å². The summed E-state index contributed by atoms with van der Waals surface area (Å²) < 4.78 is 27.8. The van der Waals surface area contributed by atoms with Crippen LogP contribution in [0.2, 0.25) is 10.2 Å². The molecule has 0 saturated heterocycles. The quantitative estimate of drug-likeness (QED) is 0.636. The Labute approximate surface area is 145 Å². The van der Waals surface area contributed by atoms with E-state index < -0.39 is 34.9 Å². The molecule has 1 aromatic heterocycles. The Morgan fingerprint density at radius 2 is 1.79 bits per heavy atom. The van der Waals surface area contributed by atoms with Gasteiger partial charge in [0.05, 0.1) is 34.1 Å². The minimum atomic E-state index is -1.08. The fraction of sp³-hybridized carbons (Fsp3) is 0.133. The van der Waals surface area contributed by atoms with Crippen LogP contribution in [0.4, 0.5) is 14.5 Å². The smallest absolute Gasteiger partial charge is 0.241 e. The summed E-state index contributed by atoms with van der Waals surface area (Å²) in [5.41, 5.74) is 4.09. The number of rotatable bonds is 4. The maximum Gasteiger partial charge on any atom is 0.241 e. The van der Waals surface area contributed by atoms with E-state index in [-0.39, 0.29) is 21.4 Å². The number of anilines is 1. The molecule has 0 spiro atoms. The molecule has 0 aliphatic carbocycles. The SMILES string of the molecule is CC(N)C(=O)Nc1cnc(Cl)c(Cl)c1C(=O)c1c(F)cccc1F. The monoisotopic (exact) mass is 373 g/mol. The van der Waals surface area contributed by atoms with E-state index in [9.17, 15) is 18.4 Å². The van der Waals surface area contributed by atoms with Crippen molar-refractivity contribution >= 4 is 40.6 Å². The highest BCUT2D eigenvalue weighted by molar-refractivity contribution is 6.44. The number of amides is 1. The molecule has 5 nitrogen and oxygen atoms in total. The zero-order chi connectivity index (χ0) is 18.0. The number of benzene rings is 1. The molecular weight excluding hydrogens is 363 g/mol. The first-order valence-corrected chi connectivity index (χ1v) is 7.38. The largest absolute Gasteiger partial charge is 0.323 e. The van der Waals surface area contributed by atoms with Gasteiger partial charge in [0, 0.05) is 0 Å². The molecule has 1 amide bonds. The summed E-state index contributed by atoms with van der Waals surface area (Å²) in [6, 6.07) is 2.06. The highest BCUT2D eigenvalue weighted by Gasteiger charge is 2.26. The first-order valence-electron chi connectivity index (χ1n) is 6.63. The zero-order valence-electron chi connectivity index (χ0n) is 12.2. The van der Waals surface area contributed by atoms with E-state index >= 15 is 0 Å². The maximum absolute atomic E-state index is 13.9. The van der Waals surface area contributed by atoms with Gasteiger partial charge in [-0.2, -0.15) is 0 Å². The van der Waals surface area contributed by atoms with Crippen molar-refractivity contribution in [3.63, 3.8) is 0 Å². The molecule has 1 aromatic carbocycles. The molecule has 0 aliphatic rings. The number of ketones is 1. The molecule has 2 rings (SSSR count). The number of nitrogens with one attached hydrogen (secondary N) is 1. The second-order valence-electron chi connectivity index (χ2n) is 4.86. The third-order valence-electron chi connectivity index (χ3n) is 3.07. The van der Waals surface area contributed by atoms with Gasteiger partial charge in [0.25, 0.3) is 0 Å². The summed E-state index contributed by atoms with van der Waals surface area (Å²) >= 11 is 11.7. The Kier molecular flexibility index (Phi) is 5.48. The molecular formula is C15H11Cl2F2N3O2. The van der Waals surface area contributed by atoms with E-state index in [1.54, 1.807) is 0 Å². The first-order chi connectivity index (χ1) is 11.2. The van der Waals surface area contributed by atoms with E-state index in [0.29, 0.717) is 0 Å². The fourth-order valence-electron chi connectivity index (χ4n) is 1.87. The lowest BCUT2D eigenvalue weighted by Crippen LogP contribution is -2.33. The first kappa shape index (κ1) is 18.3. The fourth-order valence-corrected chi connectivity index (χ4v) is 2.25. The van der Waals surface area contributed by atoms with Gasteiger partial charge in [0.15, 0.2) is 0 Å². The van der Waals surface area contributed by atoms with Gasteiger partial charge in [-0.05, 0) is 19.1 Å². The van der Waals surface area contributed by atoms with Gasteiger partial charge in [0.2, 0.25) is 11.7 Å². The summed E-state index contributed by atoms with van der Waals surface area (Å²) in [7, 11) is 0. The van der Waals surface area contributed by atoms with Crippen LogP contribution in [0.3, 0.4) is 0 Å². The normalized spacial score (nSPS) is 11.9. The molecule has 24 heavy (non-hydrogen) atoms. The van der Waals surface area contributed by atoms with Gasteiger partial charge in [-0.1, -0.05) is 29.3 Å². The number of hydrogen-bond donors (Lipinski definition) is 2. The summed E-state index contributed by atoms with van der Waals surface area (Å²) in [6.07, 6.45) is 1.06. The third kappa shape index (κ3) is 3.53. The van der Waals surface area contributed by atoms with Crippen molar-refractivity contribution in [1.82, 2.24) is 4.98 Å². The van der Waals surface area contributed by atoms with Crippen LogP contribution in [0.5, 0.6) is 0 Å². The molecule has 0 bridgehead atoms. The number of carbonyl (C=O) groups is 2. The molecule has 1 heterocycles. The van der Waals surface area contributed by atoms with Gasteiger partial charge in [-0.15, -0.1) is 0 Å². The molecule has 0 fully saturated rings. The Balaban J connectivity index is 2.62. The second-order valence-corrected chi connectivity index (χ2v) is 5.59. The molecule has 3 N–H and O–H groups in total. The van der Waals surface area contributed by atoms with Crippen LogP contribution in [0, 0.1) is 11.6 Å². The molecule has 0 radical (unpaired) electrons. The highest BCUT2D eigenvalue weighted by atomic mass is 35.5. The van der Waals surface area contributed by atoms with E-state index in [1.165, 1.54) is 6.92 Å². The number of hydrogen-bond acceptors (Lipinski definition) is 4. The van der Waals surface area contributed by atoms with Gasteiger partial charge >= 0.3 is 0 Å². The molecule has 0 aliphatic heterocycles. The number of nitrogens with zero attached hydrogens (tertiary/aromatic N) is 1. The standard InChI is InChI=1S/C15H11Cl2F2N3O2/c1-6(20)15(24)22-9-5-21-14(17)12(16)11(9)13(23)10-7(18)3-2-4-8(10)19/h2-6H,20H2,1H3,(H,22,24). The van der Waals surface area contributed by atoms with Gasteiger partial charge in [0.1, 0.15) is 16.8 Å². The number of aromatic nitrogens is 1. The summed E-state index contributed by atoms with van der Waals surface area (Å²) in [6.45, 7) is 1.41.